The number of amides is 1. The molecule has 2 heterocycles. The Labute approximate surface area is 117 Å². The van der Waals surface area contributed by atoms with Gasteiger partial charge in [0.05, 0.1) is 11.4 Å². The molecule has 1 aromatic rings. The first-order chi connectivity index (χ1) is 9.45. The number of thioether (sulfide) groups is 1. The molecule has 1 aromatic heterocycles. The highest BCUT2D eigenvalue weighted by atomic mass is 32.2. The summed E-state index contributed by atoms with van der Waals surface area (Å²) in [7, 11) is 0. The molecular weight excluding hydrogens is 288 g/mol. The zero-order chi connectivity index (χ0) is 14.9. The molecule has 0 aromatic carbocycles. The lowest BCUT2D eigenvalue weighted by atomic mass is 10.2. The number of rotatable bonds is 4. The van der Waals surface area contributed by atoms with Crippen molar-refractivity contribution < 1.29 is 24.0 Å². The van der Waals surface area contributed by atoms with Crippen molar-refractivity contribution >= 4 is 29.5 Å². The predicted molar refractivity (Wildman–Crippen MR) is 69.5 cm³/mol. The molecular formula is C11H12N2O6S. The summed E-state index contributed by atoms with van der Waals surface area (Å²) >= 11 is 1.37. The van der Waals surface area contributed by atoms with Crippen LogP contribution in [-0.2, 0) is 4.79 Å². The minimum atomic E-state index is -1.09. The minimum absolute atomic E-state index is 0.219. The molecule has 0 radical (unpaired) electrons. The van der Waals surface area contributed by atoms with Crippen LogP contribution in [0, 0.1) is 10.1 Å². The van der Waals surface area contributed by atoms with E-state index >= 15 is 0 Å². The van der Waals surface area contributed by atoms with E-state index in [0.29, 0.717) is 12.2 Å². The smallest absolute Gasteiger partial charge is 0.433 e. The van der Waals surface area contributed by atoms with Gasteiger partial charge >= 0.3 is 11.9 Å². The Morgan fingerprint density at radius 1 is 1.60 bits per heavy atom. The van der Waals surface area contributed by atoms with Gasteiger partial charge in [-0.05, 0) is 12.5 Å². The normalized spacial score (nSPS) is 21.9. The number of hydrogen-bond donors (Lipinski definition) is 1. The second-order valence-electron chi connectivity index (χ2n) is 4.16. The van der Waals surface area contributed by atoms with Crippen molar-refractivity contribution in [1.29, 1.82) is 0 Å². The third-order valence-corrected chi connectivity index (χ3v) is 4.40. The molecule has 108 valence electrons. The van der Waals surface area contributed by atoms with Crippen molar-refractivity contribution in [2.24, 2.45) is 0 Å². The van der Waals surface area contributed by atoms with Crippen LogP contribution in [0.2, 0.25) is 0 Å². The molecule has 1 amide bonds. The summed E-state index contributed by atoms with van der Waals surface area (Å²) in [5.74, 6) is -2.20. The van der Waals surface area contributed by atoms with Crippen LogP contribution in [0.1, 0.15) is 23.9 Å². The topological polar surface area (TPSA) is 114 Å². The molecule has 0 saturated carbocycles. The van der Waals surface area contributed by atoms with Crippen LogP contribution in [0.15, 0.2) is 16.5 Å². The molecule has 2 rings (SSSR count). The monoisotopic (exact) mass is 300 g/mol. The zero-order valence-corrected chi connectivity index (χ0v) is 11.3. The third kappa shape index (κ3) is 2.48. The van der Waals surface area contributed by atoms with Gasteiger partial charge in [-0.3, -0.25) is 14.9 Å². The van der Waals surface area contributed by atoms with Gasteiger partial charge in [-0.2, -0.15) is 0 Å². The standard InChI is InChI=1S/C11H12N2O6S/c1-2-9-12(6(5-20-9)11(15)16)10(14)7-3-4-8(19-7)13(17)18/h3-4,6,9H,2,5H2,1H3,(H,15,16). The van der Waals surface area contributed by atoms with E-state index in [1.165, 1.54) is 22.7 Å². The van der Waals surface area contributed by atoms with Gasteiger partial charge in [-0.15, -0.1) is 11.8 Å². The highest BCUT2D eigenvalue weighted by Crippen LogP contribution is 2.33. The molecule has 1 aliphatic heterocycles. The van der Waals surface area contributed by atoms with E-state index in [1.807, 2.05) is 6.92 Å². The van der Waals surface area contributed by atoms with Crippen molar-refractivity contribution in [3.05, 3.63) is 28.0 Å². The summed E-state index contributed by atoms with van der Waals surface area (Å²) in [6, 6.07) is 1.32. The number of aliphatic carboxylic acids is 1. The van der Waals surface area contributed by atoms with Crippen molar-refractivity contribution in [2.75, 3.05) is 5.75 Å². The first-order valence-electron chi connectivity index (χ1n) is 5.87. The van der Waals surface area contributed by atoms with Crippen LogP contribution in [-0.4, -0.2) is 44.0 Å². The number of carboxylic acids is 1. The zero-order valence-electron chi connectivity index (χ0n) is 10.5. The molecule has 2 unspecified atom stereocenters. The molecule has 1 aliphatic rings. The summed E-state index contributed by atoms with van der Waals surface area (Å²) in [6.45, 7) is 1.84. The van der Waals surface area contributed by atoms with Crippen LogP contribution >= 0.6 is 11.8 Å². The second-order valence-corrected chi connectivity index (χ2v) is 5.37. The van der Waals surface area contributed by atoms with Gasteiger partial charge < -0.3 is 14.4 Å². The molecule has 0 spiro atoms. The Morgan fingerprint density at radius 3 is 2.80 bits per heavy atom. The summed E-state index contributed by atoms with van der Waals surface area (Å²) < 4.78 is 4.85. The average Bonchev–Trinajstić information content (AvgIpc) is 3.04. The Bertz CT molecular complexity index is 557. The number of carbonyl (C=O) groups excluding carboxylic acids is 1. The largest absolute Gasteiger partial charge is 0.480 e. The van der Waals surface area contributed by atoms with E-state index in [9.17, 15) is 19.7 Å². The lowest BCUT2D eigenvalue weighted by Gasteiger charge is -2.25. The molecule has 1 saturated heterocycles. The molecule has 1 fully saturated rings. The number of nitro groups is 1. The highest BCUT2D eigenvalue weighted by molar-refractivity contribution is 8.00. The van der Waals surface area contributed by atoms with Crippen LogP contribution < -0.4 is 0 Å². The van der Waals surface area contributed by atoms with E-state index in [0.717, 1.165) is 6.07 Å². The van der Waals surface area contributed by atoms with E-state index in [2.05, 4.69) is 0 Å². The summed E-state index contributed by atoms with van der Waals surface area (Å²) in [5, 5.41) is 19.4. The Hall–Kier alpha value is -2.03. The van der Waals surface area contributed by atoms with Gasteiger partial charge in [0.1, 0.15) is 11.0 Å². The van der Waals surface area contributed by atoms with Crippen LogP contribution in [0.25, 0.3) is 0 Å². The quantitative estimate of drug-likeness (QED) is 0.663. The molecule has 8 nitrogen and oxygen atoms in total. The van der Waals surface area contributed by atoms with Gasteiger partial charge in [-0.25, -0.2) is 4.79 Å². The second kappa shape index (κ2) is 5.53. The molecule has 2 atom stereocenters. The van der Waals surface area contributed by atoms with Gasteiger partial charge in [0.15, 0.2) is 5.76 Å². The number of hydrogen-bond acceptors (Lipinski definition) is 6. The van der Waals surface area contributed by atoms with E-state index in [1.54, 1.807) is 0 Å². The molecule has 0 aliphatic carbocycles. The fourth-order valence-corrected chi connectivity index (χ4v) is 3.36. The van der Waals surface area contributed by atoms with Crippen molar-refractivity contribution in [3.8, 4) is 0 Å². The summed E-state index contributed by atoms with van der Waals surface area (Å²) in [4.78, 5) is 34.5. The number of nitrogens with zero attached hydrogens (tertiary/aromatic N) is 2. The molecule has 9 heteroatoms. The maximum Gasteiger partial charge on any atom is 0.433 e. The number of furan rings is 1. The van der Waals surface area contributed by atoms with Gasteiger partial charge in [0.25, 0.3) is 5.91 Å². The molecule has 1 N–H and O–H groups in total. The van der Waals surface area contributed by atoms with Crippen molar-refractivity contribution in [2.45, 2.75) is 24.8 Å². The SMILES string of the molecule is CCC1SCC(C(=O)O)N1C(=O)c1ccc([N+](=O)[O-])o1. The maximum atomic E-state index is 12.3. The summed E-state index contributed by atoms with van der Waals surface area (Å²) in [6.07, 6.45) is 0.586. The minimum Gasteiger partial charge on any atom is -0.480 e. The third-order valence-electron chi connectivity index (χ3n) is 2.94. The van der Waals surface area contributed by atoms with Gasteiger partial charge in [0.2, 0.25) is 0 Å². The lowest BCUT2D eigenvalue weighted by Crippen LogP contribution is -2.45. The first kappa shape index (κ1) is 14.4. The van der Waals surface area contributed by atoms with Crippen LogP contribution in [0.4, 0.5) is 5.88 Å². The van der Waals surface area contributed by atoms with Gasteiger partial charge in [-0.1, -0.05) is 6.92 Å². The fraction of sp³-hybridized carbons (Fsp3) is 0.455. The molecule has 0 bridgehead atoms. The van der Waals surface area contributed by atoms with Crippen LogP contribution in [0.5, 0.6) is 0 Å². The Kier molecular flexibility index (Phi) is 3.98. The van der Waals surface area contributed by atoms with E-state index in [4.69, 9.17) is 9.52 Å². The Morgan fingerprint density at radius 2 is 2.30 bits per heavy atom. The predicted octanol–water partition coefficient (Wildman–Crippen LogP) is 1.57. The molecule has 20 heavy (non-hydrogen) atoms. The van der Waals surface area contributed by atoms with Gasteiger partial charge in [0, 0.05) is 5.75 Å². The maximum absolute atomic E-state index is 12.3. The van der Waals surface area contributed by atoms with Crippen molar-refractivity contribution in [3.63, 3.8) is 0 Å². The number of carbonyl (C=O) groups is 2. The summed E-state index contributed by atoms with van der Waals surface area (Å²) in [5.41, 5.74) is 0. The first-order valence-corrected chi connectivity index (χ1v) is 6.91. The lowest BCUT2D eigenvalue weighted by molar-refractivity contribution is -0.402. The number of carboxylic acid groups (broad SMARTS) is 1. The van der Waals surface area contributed by atoms with Crippen molar-refractivity contribution in [1.82, 2.24) is 4.90 Å². The van der Waals surface area contributed by atoms with E-state index in [-0.39, 0.29) is 11.1 Å². The van der Waals surface area contributed by atoms with Crippen LogP contribution in [0.3, 0.4) is 0 Å². The fourth-order valence-electron chi connectivity index (χ4n) is 2.01. The highest BCUT2D eigenvalue weighted by Gasteiger charge is 2.42. The average molecular weight is 300 g/mol. The van der Waals surface area contributed by atoms with E-state index < -0.39 is 28.7 Å². The Balaban J connectivity index is 2.28.